The van der Waals surface area contributed by atoms with Gasteiger partial charge in [0.1, 0.15) is 5.58 Å². The molecule has 188 valence electrons. The molecule has 3 aromatic heterocycles. The van der Waals surface area contributed by atoms with E-state index in [0.29, 0.717) is 33.1 Å². The summed E-state index contributed by atoms with van der Waals surface area (Å²) in [5, 5.41) is 6.57. The van der Waals surface area contributed by atoms with E-state index in [-0.39, 0.29) is 5.56 Å². The van der Waals surface area contributed by atoms with Gasteiger partial charge >= 0.3 is 0 Å². The predicted molar refractivity (Wildman–Crippen MR) is 154 cm³/mol. The van der Waals surface area contributed by atoms with E-state index >= 15 is 0 Å². The fourth-order valence-electron chi connectivity index (χ4n) is 4.95. The molecular formula is C31H25ClN4O2. The summed E-state index contributed by atoms with van der Waals surface area (Å²) in [7, 11) is 0. The van der Waals surface area contributed by atoms with Crippen LogP contribution in [-0.4, -0.2) is 20.4 Å². The molecule has 0 bridgehead atoms. The summed E-state index contributed by atoms with van der Waals surface area (Å²) in [4.78, 5) is 18.4. The Hall–Kier alpha value is -4.42. The van der Waals surface area contributed by atoms with Gasteiger partial charge in [-0.1, -0.05) is 48.9 Å². The molecule has 0 atom stereocenters. The van der Waals surface area contributed by atoms with Crippen LogP contribution < -0.4 is 5.56 Å². The maximum Gasteiger partial charge on any atom is 0.282 e. The molecule has 0 aliphatic carbocycles. The maximum atomic E-state index is 13.6. The van der Waals surface area contributed by atoms with Crippen molar-refractivity contribution in [3.8, 4) is 17.3 Å². The van der Waals surface area contributed by atoms with Crippen LogP contribution in [0.15, 0.2) is 93.2 Å². The quantitative estimate of drug-likeness (QED) is 0.224. The van der Waals surface area contributed by atoms with E-state index < -0.39 is 0 Å². The first-order chi connectivity index (χ1) is 18.4. The average Bonchev–Trinajstić information content (AvgIpc) is 3.47. The Balaban J connectivity index is 1.52. The van der Waals surface area contributed by atoms with E-state index in [1.54, 1.807) is 24.4 Å². The number of rotatable bonds is 5. The third kappa shape index (κ3) is 4.03. The molecule has 0 unspecified atom stereocenters. The zero-order chi connectivity index (χ0) is 26.4. The van der Waals surface area contributed by atoms with Crippen LogP contribution in [0.25, 0.3) is 39.1 Å². The van der Waals surface area contributed by atoms with Gasteiger partial charge in [-0.25, -0.2) is 4.98 Å². The molecule has 7 heteroatoms. The second-order valence-electron chi connectivity index (χ2n) is 9.25. The Labute approximate surface area is 224 Å². The number of hydrogen-bond donors (Lipinski definition) is 0. The molecule has 0 radical (unpaired) electrons. The lowest BCUT2D eigenvalue weighted by Gasteiger charge is -2.13. The van der Waals surface area contributed by atoms with Gasteiger partial charge in [0, 0.05) is 33.0 Å². The lowest BCUT2D eigenvalue weighted by atomic mass is 10.1. The van der Waals surface area contributed by atoms with Crippen LogP contribution in [0.3, 0.4) is 0 Å². The van der Waals surface area contributed by atoms with E-state index in [1.807, 2.05) is 36.4 Å². The summed E-state index contributed by atoms with van der Waals surface area (Å²) in [6.45, 7) is 6.29. The van der Waals surface area contributed by atoms with Gasteiger partial charge in [-0.3, -0.25) is 4.79 Å². The lowest BCUT2D eigenvalue weighted by Crippen LogP contribution is -2.20. The molecule has 3 heterocycles. The molecule has 3 aromatic carbocycles. The fraction of sp³-hybridized carbons (Fsp3) is 0.129. The van der Waals surface area contributed by atoms with E-state index in [1.165, 1.54) is 10.2 Å². The zero-order valence-electron chi connectivity index (χ0n) is 21.3. The monoisotopic (exact) mass is 520 g/mol. The Morgan fingerprint density at radius 1 is 1.00 bits per heavy atom. The summed E-state index contributed by atoms with van der Waals surface area (Å²) >= 11 is 6.18. The molecule has 0 saturated heterocycles. The first kappa shape index (κ1) is 23.9. The van der Waals surface area contributed by atoms with Crippen LogP contribution >= 0.6 is 11.6 Å². The van der Waals surface area contributed by atoms with E-state index in [9.17, 15) is 4.79 Å². The van der Waals surface area contributed by atoms with Crippen molar-refractivity contribution in [3.63, 3.8) is 0 Å². The van der Waals surface area contributed by atoms with Crippen molar-refractivity contribution in [3.05, 3.63) is 117 Å². The molecule has 0 amide bonds. The number of hydrogen-bond acceptors (Lipinski definition) is 4. The van der Waals surface area contributed by atoms with Crippen LogP contribution in [0.5, 0.6) is 0 Å². The second-order valence-corrected chi connectivity index (χ2v) is 9.69. The number of benzene rings is 3. The third-order valence-electron chi connectivity index (χ3n) is 6.85. The largest absolute Gasteiger partial charge is 0.453 e. The van der Waals surface area contributed by atoms with Gasteiger partial charge in [-0.05, 0) is 74.4 Å². The second kappa shape index (κ2) is 9.47. The van der Waals surface area contributed by atoms with Crippen LogP contribution in [0.1, 0.15) is 29.4 Å². The molecule has 0 N–H and O–H groups in total. The highest BCUT2D eigenvalue weighted by Crippen LogP contribution is 2.29. The fourth-order valence-corrected chi connectivity index (χ4v) is 5.13. The molecule has 0 saturated carbocycles. The van der Waals surface area contributed by atoms with Gasteiger partial charge in [-0.15, -0.1) is 0 Å². The first-order valence-corrected chi connectivity index (χ1v) is 12.8. The van der Waals surface area contributed by atoms with Crippen molar-refractivity contribution in [2.24, 2.45) is 5.10 Å². The van der Waals surface area contributed by atoms with Crippen LogP contribution in [0.4, 0.5) is 0 Å². The van der Waals surface area contributed by atoms with Crippen molar-refractivity contribution in [2.75, 3.05) is 0 Å². The number of nitrogens with zero attached hydrogens (tertiary/aromatic N) is 4. The smallest absolute Gasteiger partial charge is 0.282 e. The number of halogens is 1. The van der Waals surface area contributed by atoms with Crippen LogP contribution in [0.2, 0.25) is 5.02 Å². The molecule has 0 aliphatic rings. The molecule has 0 spiro atoms. The summed E-state index contributed by atoms with van der Waals surface area (Å²) in [6.07, 6.45) is 2.65. The Morgan fingerprint density at radius 2 is 1.79 bits per heavy atom. The highest BCUT2D eigenvalue weighted by molar-refractivity contribution is 6.31. The van der Waals surface area contributed by atoms with Crippen LogP contribution in [-0.2, 0) is 6.42 Å². The van der Waals surface area contributed by atoms with Gasteiger partial charge < -0.3 is 8.98 Å². The summed E-state index contributed by atoms with van der Waals surface area (Å²) in [5.41, 5.74) is 6.40. The van der Waals surface area contributed by atoms with Gasteiger partial charge in [0.25, 0.3) is 5.56 Å². The van der Waals surface area contributed by atoms with Gasteiger partial charge in [0.05, 0.1) is 17.1 Å². The SMILES string of the molecule is CCc1ccccc1-n1c(C)cc(C=Nn2c(-c3cc4cc(Cl)ccc4o3)nc3ccccc3c2=O)c1C. The first-order valence-electron chi connectivity index (χ1n) is 12.5. The third-order valence-corrected chi connectivity index (χ3v) is 7.08. The number of aromatic nitrogens is 3. The topological polar surface area (TPSA) is 65.3 Å². The van der Waals surface area contributed by atoms with Crippen molar-refractivity contribution in [2.45, 2.75) is 27.2 Å². The zero-order valence-corrected chi connectivity index (χ0v) is 22.0. The number of furan rings is 1. The maximum absolute atomic E-state index is 13.6. The summed E-state index contributed by atoms with van der Waals surface area (Å²) in [6, 6.07) is 24.9. The van der Waals surface area contributed by atoms with E-state index in [2.05, 4.69) is 54.7 Å². The molecule has 6 aromatic rings. The van der Waals surface area contributed by atoms with Crippen molar-refractivity contribution in [1.29, 1.82) is 0 Å². The predicted octanol–water partition coefficient (Wildman–Crippen LogP) is 7.32. The number of aryl methyl sites for hydroxylation is 2. The molecule has 6 nitrogen and oxygen atoms in total. The van der Waals surface area contributed by atoms with Crippen LogP contribution in [0, 0.1) is 13.8 Å². The minimum absolute atomic E-state index is 0.273. The average molecular weight is 521 g/mol. The minimum atomic E-state index is -0.273. The van der Waals surface area contributed by atoms with Gasteiger partial charge in [0.15, 0.2) is 5.76 Å². The van der Waals surface area contributed by atoms with Crippen molar-refractivity contribution < 1.29 is 4.42 Å². The Morgan fingerprint density at radius 3 is 2.63 bits per heavy atom. The molecule has 0 aliphatic heterocycles. The molecule has 0 fully saturated rings. The molecular weight excluding hydrogens is 496 g/mol. The highest BCUT2D eigenvalue weighted by atomic mass is 35.5. The standard InChI is InChI=1S/C31H25ClN4O2/c1-4-21-9-5-8-12-27(21)35-19(2)15-23(20(35)3)18-33-36-30(34-26-11-7-6-10-25(26)31(36)37)29-17-22-16-24(32)13-14-28(22)38-29/h5-18H,4H2,1-3H3. The van der Waals surface area contributed by atoms with Crippen molar-refractivity contribution >= 4 is 39.7 Å². The molecule has 6 rings (SSSR count). The summed E-state index contributed by atoms with van der Waals surface area (Å²) in [5.74, 6) is 0.757. The Bertz CT molecular complexity index is 1930. The van der Waals surface area contributed by atoms with Crippen molar-refractivity contribution in [1.82, 2.24) is 14.2 Å². The lowest BCUT2D eigenvalue weighted by molar-refractivity contribution is 0.616. The minimum Gasteiger partial charge on any atom is -0.453 e. The van der Waals surface area contributed by atoms with Gasteiger partial charge in [-0.2, -0.15) is 9.78 Å². The van der Waals surface area contributed by atoms with E-state index in [4.69, 9.17) is 21.0 Å². The number of para-hydroxylation sites is 2. The van der Waals surface area contributed by atoms with Gasteiger partial charge in [0.2, 0.25) is 5.82 Å². The normalized spacial score (nSPS) is 11.8. The number of fused-ring (bicyclic) bond motifs is 2. The Kier molecular flexibility index (Phi) is 5.97. The highest BCUT2D eigenvalue weighted by Gasteiger charge is 2.17. The summed E-state index contributed by atoms with van der Waals surface area (Å²) < 4.78 is 9.62. The molecule has 38 heavy (non-hydrogen) atoms. The van der Waals surface area contributed by atoms with E-state index in [0.717, 1.165) is 34.4 Å².